The number of hydrogen-bond acceptors (Lipinski definition) is 4. The van der Waals surface area contributed by atoms with E-state index in [0.29, 0.717) is 0 Å². The molecule has 2 heterocycles. The highest BCUT2D eigenvalue weighted by Crippen LogP contribution is 2.16. The minimum atomic E-state index is 0.189. The molecule has 0 saturated carbocycles. The van der Waals surface area contributed by atoms with E-state index >= 15 is 0 Å². The van der Waals surface area contributed by atoms with Crippen molar-refractivity contribution in [1.29, 1.82) is 0 Å². The second-order valence-electron chi connectivity index (χ2n) is 4.27. The predicted molar refractivity (Wildman–Crippen MR) is 54.0 cm³/mol. The van der Waals surface area contributed by atoms with Gasteiger partial charge in [-0.05, 0) is 13.8 Å². The predicted octanol–water partition coefficient (Wildman–Crippen LogP) is -0.371. The second-order valence-corrected chi connectivity index (χ2v) is 4.27. The fourth-order valence-corrected chi connectivity index (χ4v) is 1.94. The summed E-state index contributed by atoms with van der Waals surface area (Å²) in [6, 6.07) is 0. The number of hydrogen-bond donors (Lipinski definition) is 2. The van der Waals surface area contributed by atoms with Crippen LogP contribution in [-0.2, 0) is 0 Å². The molecule has 0 atom stereocenters. The van der Waals surface area contributed by atoms with E-state index in [-0.39, 0.29) is 5.54 Å². The lowest BCUT2D eigenvalue weighted by atomic mass is 10.0. The Hall–Kier alpha value is -0.770. The van der Waals surface area contributed by atoms with Crippen molar-refractivity contribution in [1.82, 2.24) is 15.5 Å². The van der Waals surface area contributed by atoms with E-state index in [2.05, 4.69) is 34.4 Å². The van der Waals surface area contributed by atoms with Crippen molar-refractivity contribution in [2.75, 3.05) is 32.7 Å². The highest BCUT2D eigenvalue weighted by Gasteiger charge is 2.32. The molecule has 2 rings (SSSR count). The van der Waals surface area contributed by atoms with Crippen LogP contribution in [-0.4, -0.2) is 49.1 Å². The van der Waals surface area contributed by atoms with Crippen molar-refractivity contribution in [3.63, 3.8) is 0 Å². The normalized spacial score (nSPS) is 26.9. The summed E-state index contributed by atoms with van der Waals surface area (Å²) in [4.78, 5) is 6.83. The molecule has 0 spiro atoms. The van der Waals surface area contributed by atoms with Gasteiger partial charge in [0.1, 0.15) is 0 Å². The van der Waals surface area contributed by atoms with Crippen LogP contribution in [0.25, 0.3) is 0 Å². The van der Waals surface area contributed by atoms with Crippen LogP contribution in [0.15, 0.2) is 4.99 Å². The summed E-state index contributed by atoms with van der Waals surface area (Å²) in [5.41, 5.74) is 0.189. The third-order valence-electron chi connectivity index (χ3n) is 2.71. The molecule has 1 fully saturated rings. The molecule has 0 aromatic carbocycles. The smallest absolute Gasteiger partial charge is 0.194 e. The maximum absolute atomic E-state index is 4.46. The molecule has 0 aromatic heterocycles. The van der Waals surface area contributed by atoms with Crippen LogP contribution in [0.2, 0.25) is 0 Å². The van der Waals surface area contributed by atoms with Crippen molar-refractivity contribution >= 4 is 5.96 Å². The summed E-state index contributed by atoms with van der Waals surface area (Å²) in [6.07, 6.45) is 0. The van der Waals surface area contributed by atoms with Crippen molar-refractivity contribution < 1.29 is 0 Å². The number of guanidine groups is 1. The van der Waals surface area contributed by atoms with E-state index in [4.69, 9.17) is 0 Å². The average Bonchev–Trinajstić information content (AvgIpc) is 2.55. The molecule has 2 aliphatic heterocycles. The van der Waals surface area contributed by atoms with Crippen molar-refractivity contribution in [2.45, 2.75) is 19.4 Å². The third kappa shape index (κ3) is 1.63. The van der Waals surface area contributed by atoms with E-state index in [1.165, 1.54) is 0 Å². The Balaban J connectivity index is 2.11. The van der Waals surface area contributed by atoms with Gasteiger partial charge in [0.05, 0.1) is 6.54 Å². The van der Waals surface area contributed by atoms with Gasteiger partial charge in [0.25, 0.3) is 0 Å². The van der Waals surface area contributed by atoms with Gasteiger partial charge in [-0.2, -0.15) is 0 Å². The van der Waals surface area contributed by atoms with Gasteiger partial charge in [0.15, 0.2) is 5.96 Å². The highest BCUT2D eigenvalue weighted by molar-refractivity contribution is 5.82. The molecule has 74 valence electrons. The molecule has 1 saturated heterocycles. The topological polar surface area (TPSA) is 39.7 Å². The first-order valence-corrected chi connectivity index (χ1v) is 4.97. The van der Waals surface area contributed by atoms with Crippen molar-refractivity contribution in [2.24, 2.45) is 4.99 Å². The van der Waals surface area contributed by atoms with E-state index in [0.717, 1.165) is 38.7 Å². The fraction of sp³-hybridized carbons (Fsp3) is 0.889. The molecule has 4 nitrogen and oxygen atoms in total. The van der Waals surface area contributed by atoms with E-state index in [9.17, 15) is 0 Å². The Bertz CT molecular complexity index is 222. The third-order valence-corrected chi connectivity index (χ3v) is 2.71. The van der Waals surface area contributed by atoms with Gasteiger partial charge >= 0.3 is 0 Å². The number of nitrogens with zero attached hydrogens (tertiary/aromatic N) is 2. The first kappa shape index (κ1) is 8.81. The Morgan fingerprint density at radius 2 is 2.23 bits per heavy atom. The Morgan fingerprint density at radius 1 is 1.38 bits per heavy atom. The van der Waals surface area contributed by atoms with E-state index in [1.807, 2.05) is 0 Å². The summed E-state index contributed by atoms with van der Waals surface area (Å²) in [5, 5.41) is 6.73. The number of nitrogens with one attached hydrogen (secondary N) is 2. The summed E-state index contributed by atoms with van der Waals surface area (Å²) in [6.45, 7) is 9.57. The minimum Gasteiger partial charge on any atom is -0.354 e. The SMILES string of the molecule is CC1(C)CNCCN1C1=NCCN1. The monoisotopic (exact) mass is 182 g/mol. The van der Waals surface area contributed by atoms with E-state index in [1.54, 1.807) is 0 Å². The van der Waals surface area contributed by atoms with Gasteiger partial charge in [-0.25, -0.2) is 0 Å². The zero-order chi connectivity index (χ0) is 9.31. The summed E-state index contributed by atoms with van der Waals surface area (Å²) in [7, 11) is 0. The molecular weight excluding hydrogens is 164 g/mol. The standard InChI is InChI=1S/C9H18N4/c1-9(2)7-10-5-6-13(9)8-11-3-4-12-8/h10H,3-7H2,1-2H3,(H,11,12). The van der Waals surface area contributed by atoms with E-state index < -0.39 is 0 Å². The number of piperazine rings is 1. The fourth-order valence-electron chi connectivity index (χ4n) is 1.94. The van der Waals surface area contributed by atoms with Crippen LogP contribution in [0.3, 0.4) is 0 Å². The van der Waals surface area contributed by atoms with Crippen LogP contribution in [0, 0.1) is 0 Å². The van der Waals surface area contributed by atoms with Crippen LogP contribution in [0.1, 0.15) is 13.8 Å². The van der Waals surface area contributed by atoms with Crippen molar-refractivity contribution in [3.8, 4) is 0 Å². The molecule has 2 aliphatic rings. The zero-order valence-electron chi connectivity index (χ0n) is 8.43. The first-order chi connectivity index (χ1) is 6.20. The average molecular weight is 182 g/mol. The van der Waals surface area contributed by atoms with Crippen LogP contribution < -0.4 is 10.6 Å². The van der Waals surface area contributed by atoms with Crippen LogP contribution >= 0.6 is 0 Å². The van der Waals surface area contributed by atoms with Gasteiger partial charge in [0.2, 0.25) is 0 Å². The van der Waals surface area contributed by atoms with Crippen LogP contribution in [0.5, 0.6) is 0 Å². The molecule has 0 radical (unpaired) electrons. The van der Waals surface area contributed by atoms with Gasteiger partial charge in [-0.1, -0.05) is 0 Å². The molecule has 2 N–H and O–H groups in total. The molecule has 0 amide bonds. The van der Waals surface area contributed by atoms with Gasteiger partial charge in [0, 0.05) is 31.7 Å². The maximum atomic E-state index is 4.46. The molecule has 0 unspecified atom stereocenters. The Kier molecular flexibility index (Phi) is 2.15. The molecule has 0 aromatic rings. The van der Waals surface area contributed by atoms with Gasteiger partial charge < -0.3 is 15.5 Å². The largest absolute Gasteiger partial charge is 0.354 e. The summed E-state index contributed by atoms with van der Waals surface area (Å²) >= 11 is 0. The van der Waals surface area contributed by atoms with Gasteiger partial charge in [-0.15, -0.1) is 0 Å². The van der Waals surface area contributed by atoms with Crippen molar-refractivity contribution in [3.05, 3.63) is 0 Å². The summed E-state index contributed by atoms with van der Waals surface area (Å²) < 4.78 is 0. The Labute approximate surface area is 79.4 Å². The number of aliphatic imine (C=N–C) groups is 1. The van der Waals surface area contributed by atoms with Gasteiger partial charge in [-0.3, -0.25) is 4.99 Å². The lowest BCUT2D eigenvalue weighted by Gasteiger charge is -2.43. The quantitative estimate of drug-likeness (QED) is 0.537. The zero-order valence-corrected chi connectivity index (χ0v) is 8.43. The first-order valence-electron chi connectivity index (χ1n) is 4.97. The molecule has 0 bridgehead atoms. The molecule has 0 aliphatic carbocycles. The Morgan fingerprint density at radius 3 is 2.85 bits per heavy atom. The number of rotatable bonds is 0. The maximum Gasteiger partial charge on any atom is 0.194 e. The lowest BCUT2D eigenvalue weighted by Crippen LogP contribution is -2.61. The molecule has 4 heteroatoms. The van der Waals surface area contributed by atoms with Crippen LogP contribution in [0.4, 0.5) is 0 Å². The summed E-state index contributed by atoms with van der Waals surface area (Å²) in [5.74, 6) is 1.09. The highest BCUT2D eigenvalue weighted by atomic mass is 15.4. The molecular formula is C9H18N4. The minimum absolute atomic E-state index is 0.189. The second kappa shape index (κ2) is 3.18. The molecule has 13 heavy (non-hydrogen) atoms. The lowest BCUT2D eigenvalue weighted by molar-refractivity contribution is 0.169.